The Morgan fingerprint density at radius 3 is 2.23 bits per heavy atom. The molecule has 4 N–H and O–H groups in total. The lowest BCUT2D eigenvalue weighted by molar-refractivity contribution is 0.377. The molecule has 0 saturated carbocycles. The number of sulfonamides is 1. The van der Waals surface area contributed by atoms with Crippen LogP contribution in [0.5, 0.6) is 5.75 Å². The molecule has 0 unspecified atom stereocenters. The zero-order valence-electron chi connectivity index (χ0n) is 6.80. The highest BCUT2D eigenvalue weighted by Crippen LogP contribution is 2.12. The average Bonchev–Trinajstić information content (AvgIpc) is 2.02. The molecule has 0 aliphatic rings. The summed E-state index contributed by atoms with van der Waals surface area (Å²) in [7, 11) is -3.59. The van der Waals surface area contributed by atoms with Crippen molar-refractivity contribution in [2.24, 2.45) is 5.14 Å². The van der Waals surface area contributed by atoms with Crippen LogP contribution < -0.4 is 15.6 Å². The lowest BCUT2D eigenvalue weighted by Crippen LogP contribution is -2.20. The van der Waals surface area contributed by atoms with Crippen molar-refractivity contribution in [3.8, 4) is 5.75 Å². The minimum absolute atomic E-state index is 0.420. The Morgan fingerprint density at radius 2 is 1.77 bits per heavy atom. The van der Waals surface area contributed by atoms with Crippen molar-refractivity contribution in [1.29, 1.82) is 0 Å². The van der Waals surface area contributed by atoms with Crippen LogP contribution in [0, 0.1) is 0 Å². The summed E-state index contributed by atoms with van der Waals surface area (Å²) >= 11 is 0. The number of ether oxygens (including phenoxy) is 1. The largest absolute Gasteiger partial charge is 0.476 e. The van der Waals surface area contributed by atoms with Gasteiger partial charge in [-0.25, -0.2) is 13.6 Å². The standard InChI is InChI=1S/C7H10N2O3S/c8-6-1-3-7(4-2-6)12-5-13(9,10)11/h1-4H,5,8H2,(H2,9,10,11). The van der Waals surface area contributed by atoms with Gasteiger partial charge in [0.25, 0.3) is 0 Å². The van der Waals surface area contributed by atoms with Crippen molar-refractivity contribution < 1.29 is 13.2 Å². The molecule has 1 aromatic rings. The van der Waals surface area contributed by atoms with E-state index in [2.05, 4.69) is 0 Å². The summed E-state index contributed by atoms with van der Waals surface area (Å²) in [4.78, 5) is 0. The molecule has 0 aliphatic heterocycles. The van der Waals surface area contributed by atoms with E-state index in [4.69, 9.17) is 15.6 Å². The Hall–Kier alpha value is -1.27. The zero-order valence-corrected chi connectivity index (χ0v) is 7.62. The van der Waals surface area contributed by atoms with Crippen molar-refractivity contribution in [1.82, 2.24) is 0 Å². The first-order chi connectivity index (χ1) is 5.97. The fraction of sp³-hybridized carbons (Fsp3) is 0.143. The monoisotopic (exact) mass is 202 g/mol. The van der Waals surface area contributed by atoms with E-state index in [1.807, 2.05) is 0 Å². The van der Waals surface area contributed by atoms with E-state index < -0.39 is 16.0 Å². The third-order valence-electron chi connectivity index (χ3n) is 1.27. The second kappa shape index (κ2) is 3.63. The van der Waals surface area contributed by atoms with Gasteiger partial charge in [-0.2, -0.15) is 0 Å². The van der Waals surface area contributed by atoms with Gasteiger partial charge in [0.1, 0.15) is 5.75 Å². The minimum Gasteiger partial charge on any atom is -0.476 e. The smallest absolute Gasteiger partial charge is 0.244 e. The first kappa shape index (κ1) is 9.82. The normalized spacial score (nSPS) is 11.2. The second-order valence-electron chi connectivity index (χ2n) is 2.49. The lowest BCUT2D eigenvalue weighted by Gasteiger charge is -2.03. The molecule has 6 heteroatoms. The summed E-state index contributed by atoms with van der Waals surface area (Å²) in [5.41, 5.74) is 6.00. The van der Waals surface area contributed by atoms with E-state index in [0.29, 0.717) is 11.4 Å². The number of hydrogen-bond acceptors (Lipinski definition) is 4. The van der Waals surface area contributed by atoms with E-state index >= 15 is 0 Å². The summed E-state index contributed by atoms with van der Waals surface area (Å²) in [6, 6.07) is 6.36. The lowest BCUT2D eigenvalue weighted by atomic mass is 10.3. The third-order valence-corrected chi connectivity index (χ3v) is 1.72. The van der Waals surface area contributed by atoms with Gasteiger partial charge < -0.3 is 10.5 Å². The van der Waals surface area contributed by atoms with E-state index in [1.54, 1.807) is 24.3 Å². The molecular formula is C7H10N2O3S. The Labute approximate surface area is 76.4 Å². The quantitative estimate of drug-likeness (QED) is 0.669. The molecule has 0 amide bonds. The Morgan fingerprint density at radius 1 is 1.23 bits per heavy atom. The van der Waals surface area contributed by atoms with Gasteiger partial charge in [-0.1, -0.05) is 0 Å². The molecule has 0 fully saturated rings. The van der Waals surface area contributed by atoms with E-state index in [0.717, 1.165) is 0 Å². The maximum atomic E-state index is 10.5. The van der Waals surface area contributed by atoms with Crippen LogP contribution in [0.4, 0.5) is 5.69 Å². The number of benzene rings is 1. The topological polar surface area (TPSA) is 95.4 Å². The minimum atomic E-state index is -3.59. The van der Waals surface area contributed by atoms with E-state index in [-0.39, 0.29) is 0 Å². The molecule has 1 rings (SSSR count). The van der Waals surface area contributed by atoms with Gasteiger partial charge in [-0.05, 0) is 24.3 Å². The fourth-order valence-corrected chi connectivity index (χ4v) is 1.01. The van der Waals surface area contributed by atoms with Crippen LogP contribution in [0.2, 0.25) is 0 Å². The molecule has 0 heterocycles. The number of nitrogen functional groups attached to an aromatic ring is 1. The first-order valence-electron chi connectivity index (χ1n) is 3.46. The van der Waals surface area contributed by atoms with Gasteiger partial charge in [-0.15, -0.1) is 0 Å². The molecule has 0 radical (unpaired) electrons. The van der Waals surface area contributed by atoms with Crippen LogP contribution in [-0.2, 0) is 10.0 Å². The molecule has 0 aliphatic carbocycles. The third kappa shape index (κ3) is 3.77. The van der Waals surface area contributed by atoms with Crippen molar-refractivity contribution in [3.05, 3.63) is 24.3 Å². The van der Waals surface area contributed by atoms with E-state index in [9.17, 15) is 8.42 Å². The maximum absolute atomic E-state index is 10.5. The first-order valence-corrected chi connectivity index (χ1v) is 5.18. The maximum Gasteiger partial charge on any atom is 0.244 e. The number of anilines is 1. The van der Waals surface area contributed by atoms with Gasteiger partial charge >= 0.3 is 0 Å². The molecule has 0 bridgehead atoms. The number of primary sulfonamides is 1. The van der Waals surface area contributed by atoms with Crippen LogP contribution in [0.1, 0.15) is 0 Å². The van der Waals surface area contributed by atoms with Crippen LogP contribution in [0.25, 0.3) is 0 Å². The number of rotatable bonds is 3. The number of hydrogen-bond donors (Lipinski definition) is 2. The van der Waals surface area contributed by atoms with Gasteiger partial charge in [0.05, 0.1) is 0 Å². The average molecular weight is 202 g/mol. The Kier molecular flexibility index (Phi) is 2.74. The number of nitrogens with two attached hydrogens (primary N) is 2. The molecule has 72 valence electrons. The van der Waals surface area contributed by atoms with Crippen LogP contribution in [-0.4, -0.2) is 14.4 Å². The van der Waals surface area contributed by atoms with Gasteiger partial charge in [-0.3, -0.25) is 0 Å². The SMILES string of the molecule is Nc1ccc(OCS(N)(=O)=O)cc1. The summed E-state index contributed by atoms with van der Waals surface area (Å²) < 4.78 is 25.9. The predicted octanol–water partition coefficient (Wildman–Crippen LogP) is -0.106. The molecule has 0 spiro atoms. The highest BCUT2D eigenvalue weighted by atomic mass is 32.2. The van der Waals surface area contributed by atoms with Gasteiger partial charge in [0.15, 0.2) is 0 Å². The van der Waals surface area contributed by atoms with Crippen LogP contribution in [0.3, 0.4) is 0 Å². The predicted molar refractivity (Wildman–Crippen MR) is 49.5 cm³/mol. The molecule has 13 heavy (non-hydrogen) atoms. The fourth-order valence-electron chi connectivity index (χ4n) is 0.714. The van der Waals surface area contributed by atoms with Crippen molar-refractivity contribution in [3.63, 3.8) is 0 Å². The second-order valence-corrected chi connectivity index (χ2v) is 4.06. The molecular weight excluding hydrogens is 192 g/mol. The summed E-state index contributed by atoms with van der Waals surface area (Å²) in [5, 5.41) is 4.74. The highest BCUT2D eigenvalue weighted by molar-refractivity contribution is 7.88. The van der Waals surface area contributed by atoms with Crippen molar-refractivity contribution in [2.45, 2.75) is 0 Å². The Bertz CT molecular complexity index is 371. The summed E-state index contributed by atoms with van der Waals surface area (Å²) in [6.45, 7) is 0. The summed E-state index contributed by atoms with van der Waals surface area (Å²) in [6.07, 6.45) is 0. The molecule has 0 aromatic heterocycles. The van der Waals surface area contributed by atoms with Gasteiger partial charge in [0, 0.05) is 5.69 Å². The molecule has 1 aromatic carbocycles. The summed E-state index contributed by atoms with van der Waals surface area (Å²) in [5.74, 6) is -0.111. The molecule has 0 atom stereocenters. The van der Waals surface area contributed by atoms with Gasteiger partial charge in [0.2, 0.25) is 16.0 Å². The zero-order chi connectivity index (χ0) is 9.90. The molecule has 0 saturated heterocycles. The Balaban J connectivity index is 2.61. The molecule has 5 nitrogen and oxygen atoms in total. The van der Waals surface area contributed by atoms with Crippen LogP contribution in [0.15, 0.2) is 24.3 Å². The van der Waals surface area contributed by atoms with Crippen molar-refractivity contribution in [2.75, 3.05) is 11.7 Å². The highest BCUT2D eigenvalue weighted by Gasteiger charge is 2.02. The van der Waals surface area contributed by atoms with Crippen LogP contribution >= 0.6 is 0 Å². The van der Waals surface area contributed by atoms with E-state index in [1.165, 1.54) is 0 Å². The van der Waals surface area contributed by atoms with Crippen molar-refractivity contribution >= 4 is 15.7 Å².